The standard InChI is InChI=1S/C38H61O2PS/c1-15-16-17-18-19-20-21-42-41-39-33-29(22-27(35(3,4)5)24-31(33)37(9,10)11)26(2)30-23-28(36(6,7)8)25-32(34(30)40-41)38(12,13)14/h22-26H,15-21H2,1-14H3. The Kier molecular flexibility index (Phi) is 11.3. The summed E-state index contributed by atoms with van der Waals surface area (Å²) in [5.41, 5.74) is 7.90. The predicted molar refractivity (Wildman–Crippen MR) is 189 cm³/mol. The maximum atomic E-state index is 7.11. The molecule has 0 fully saturated rings. The van der Waals surface area contributed by atoms with Crippen molar-refractivity contribution in [2.24, 2.45) is 0 Å². The SMILES string of the molecule is CCCCCCCCSP1Oc2c(cc(C(C)(C)C)cc2C(C)(C)C)C(C)c2cc(C(C)(C)C)cc(C(C)(C)C)c2O1. The van der Waals surface area contributed by atoms with E-state index in [1.807, 2.05) is 11.4 Å². The van der Waals surface area contributed by atoms with Gasteiger partial charge in [-0.05, 0) is 50.6 Å². The molecule has 3 rings (SSSR count). The molecule has 0 bridgehead atoms. The minimum absolute atomic E-state index is 0.0392. The summed E-state index contributed by atoms with van der Waals surface area (Å²) >= 11 is 1.89. The van der Waals surface area contributed by atoms with Crippen LogP contribution in [-0.4, -0.2) is 5.75 Å². The zero-order chi connectivity index (χ0) is 31.7. The molecule has 1 aliphatic rings. The van der Waals surface area contributed by atoms with Crippen LogP contribution in [0.15, 0.2) is 24.3 Å². The van der Waals surface area contributed by atoms with E-state index in [0.717, 1.165) is 17.3 Å². The highest BCUT2D eigenvalue weighted by atomic mass is 32.7. The Morgan fingerprint density at radius 2 is 1.00 bits per heavy atom. The minimum atomic E-state index is -1.22. The molecule has 0 spiro atoms. The number of unbranched alkanes of at least 4 members (excludes halogenated alkanes) is 5. The van der Waals surface area contributed by atoms with Crippen LogP contribution in [-0.2, 0) is 21.7 Å². The van der Waals surface area contributed by atoms with Gasteiger partial charge < -0.3 is 9.05 Å². The lowest BCUT2D eigenvalue weighted by Crippen LogP contribution is -2.22. The molecule has 2 aromatic carbocycles. The topological polar surface area (TPSA) is 18.5 Å². The fourth-order valence-electron chi connectivity index (χ4n) is 5.54. The molecule has 0 radical (unpaired) electrons. The molecule has 4 heteroatoms. The molecule has 0 atom stereocenters. The van der Waals surface area contributed by atoms with E-state index in [-0.39, 0.29) is 27.6 Å². The molecule has 2 nitrogen and oxygen atoms in total. The van der Waals surface area contributed by atoms with Crippen molar-refractivity contribution in [3.8, 4) is 11.5 Å². The summed E-state index contributed by atoms with van der Waals surface area (Å²) in [5, 5.41) is 0. The summed E-state index contributed by atoms with van der Waals surface area (Å²) in [7, 11) is -1.22. The monoisotopic (exact) mass is 612 g/mol. The molecule has 0 aliphatic carbocycles. The molecule has 1 aliphatic heterocycles. The van der Waals surface area contributed by atoms with Crippen LogP contribution in [0.4, 0.5) is 0 Å². The molecule has 0 saturated heterocycles. The molecule has 0 aromatic heterocycles. The normalized spacial score (nSPS) is 18.0. The second kappa shape index (κ2) is 13.4. The molecule has 0 saturated carbocycles. The van der Waals surface area contributed by atoms with Crippen molar-refractivity contribution in [1.82, 2.24) is 0 Å². The molecular formula is C38H61O2PS. The second-order valence-corrected chi connectivity index (χ2v) is 19.8. The third kappa shape index (κ3) is 8.72. The van der Waals surface area contributed by atoms with Crippen LogP contribution >= 0.6 is 19.0 Å². The lowest BCUT2D eigenvalue weighted by molar-refractivity contribution is 0.453. The predicted octanol–water partition coefficient (Wildman–Crippen LogP) is 13.1. The Balaban J connectivity index is 2.24. The van der Waals surface area contributed by atoms with Gasteiger partial charge >= 0.3 is 7.58 Å². The second-order valence-electron chi connectivity index (χ2n) is 16.6. The van der Waals surface area contributed by atoms with Gasteiger partial charge in [0.2, 0.25) is 0 Å². The first-order chi connectivity index (χ1) is 19.2. The van der Waals surface area contributed by atoms with E-state index in [0.29, 0.717) is 0 Å². The lowest BCUT2D eigenvalue weighted by Gasteiger charge is -2.36. The third-order valence-corrected chi connectivity index (χ3v) is 11.5. The number of fused-ring (bicyclic) bond motifs is 2. The molecule has 0 N–H and O–H groups in total. The molecular weight excluding hydrogens is 551 g/mol. The van der Waals surface area contributed by atoms with Gasteiger partial charge in [0.1, 0.15) is 11.5 Å². The third-order valence-electron chi connectivity index (χ3n) is 8.54. The lowest BCUT2D eigenvalue weighted by atomic mass is 9.74. The van der Waals surface area contributed by atoms with E-state index in [9.17, 15) is 0 Å². The molecule has 2 aromatic rings. The van der Waals surface area contributed by atoms with Crippen molar-refractivity contribution in [2.45, 2.75) is 163 Å². The van der Waals surface area contributed by atoms with Gasteiger partial charge in [0, 0.05) is 33.9 Å². The van der Waals surface area contributed by atoms with Gasteiger partial charge in [-0.2, -0.15) is 0 Å². The summed E-state index contributed by atoms with van der Waals surface area (Å²) < 4.78 is 14.2. The van der Waals surface area contributed by atoms with Crippen molar-refractivity contribution in [1.29, 1.82) is 0 Å². The van der Waals surface area contributed by atoms with Gasteiger partial charge in [-0.25, -0.2) is 0 Å². The Hall–Kier alpha value is -1.18. The van der Waals surface area contributed by atoms with E-state index < -0.39 is 7.58 Å². The quantitative estimate of drug-likeness (QED) is 0.218. The summed E-state index contributed by atoms with van der Waals surface area (Å²) in [6.07, 6.45) is 7.79. The van der Waals surface area contributed by atoms with Crippen LogP contribution in [0.5, 0.6) is 11.5 Å². The number of benzene rings is 2. The van der Waals surface area contributed by atoms with Crippen LogP contribution in [0.1, 0.15) is 175 Å². The zero-order valence-corrected chi connectivity index (χ0v) is 31.2. The summed E-state index contributed by atoms with van der Waals surface area (Å²) in [4.78, 5) is 0. The first kappa shape index (κ1) is 35.3. The highest BCUT2D eigenvalue weighted by molar-refractivity contribution is 8.53. The highest BCUT2D eigenvalue weighted by Crippen LogP contribution is 2.60. The minimum Gasteiger partial charge on any atom is -0.430 e. The number of rotatable bonds is 8. The molecule has 0 amide bonds. The van der Waals surface area contributed by atoms with Crippen LogP contribution < -0.4 is 9.05 Å². The highest BCUT2D eigenvalue weighted by Gasteiger charge is 2.37. The van der Waals surface area contributed by atoms with Gasteiger partial charge in [-0.15, -0.1) is 0 Å². The molecule has 236 valence electrons. The largest absolute Gasteiger partial charge is 0.430 e. The number of hydrogen-bond acceptors (Lipinski definition) is 3. The zero-order valence-electron chi connectivity index (χ0n) is 29.5. The average molecular weight is 613 g/mol. The molecule has 42 heavy (non-hydrogen) atoms. The van der Waals surface area contributed by atoms with E-state index in [1.165, 1.54) is 71.9 Å². The first-order valence-electron chi connectivity index (χ1n) is 16.4. The van der Waals surface area contributed by atoms with Crippen LogP contribution in [0.2, 0.25) is 0 Å². The van der Waals surface area contributed by atoms with E-state index >= 15 is 0 Å². The van der Waals surface area contributed by atoms with E-state index in [1.54, 1.807) is 0 Å². The van der Waals surface area contributed by atoms with Crippen molar-refractivity contribution in [2.75, 3.05) is 5.75 Å². The van der Waals surface area contributed by atoms with Crippen molar-refractivity contribution >= 4 is 19.0 Å². The van der Waals surface area contributed by atoms with Gasteiger partial charge in [-0.3, -0.25) is 0 Å². The fourth-order valence-corrected chi connectivity index (χ4v) is 8.47. The Morgan fingerprint density at radius 1 is 0.595 bits per heavy atom. The average Bonchev–Trinajstić information content (AvgIpc) is 2.84. The molecule has 0 unspecified atom stereocenters. The maximum absolute atomic E-state index is 7.11. The van der Waals surface area contributed by atoms with Crippen molar-refractivity contribution in [3.05, 3.63) is 57.6 Å². The summed E-state index contributed by atoms with van der Waals surface area (Å²) in [5.74, 6) is 3.30. The Labute approximate surface area is 265 Å². The first-order valence-corrected chi connectivity index (χ1v) is 19.2. The van der Waals surface area contributed by atoms with Crippen molar-refractivity contribution in [3.63, 3.8) is 0 Å². The number of hydrogen-bond donors (Lipinski definition) is 0. The van der Waals surface area contributed by atoms with Crippen LogP contribution in [0.3, 0.4) is 0 Å². The molecule has 1 heterocycles. The van der Waals surface area contributed by atoms with Gasteiger partial charge in [0.05, 0.1) is 0 Å². The van der Waals surface area contributed by atoms with E-state index in [4.69, 9.17) is 9.05 Å². The Bertz CT molecular complexity index is 1120. The van der Waals surface area contributed by atoms with Crippen molar-refractivity contribution < 1.29 is 9.05 Å². The van der Waals surface area contributed by atoms with Crippen LogP contribution in [0.25, 0.3) is 0 Å². The van der Waals surface area contributed by atoms with Gasteiger partial charge in [0.15, 0.2) is 0 Å². The van der Waals surface area contributed by atoms with Gasteiger partial charge in [0.25, 0.3) is 0 Å². The summed E-state index contributed by atoms with van der Waals surface area (Å²) in [6, 6.07) is 9.70. The van der Waals surface area contributed by atoms with E-state index in [2.05, 4.69) is 121 Å². The smallest absolute Gasteiger partial charge is 0.360 e. The Morgan fingerprint density at radius 3 is 1.38 bits per heavy atom. The van der Waals surface area contributed by atoms with Gasteiger partial charge in [-0.1, -0.05) is 153 Å². The van der Waals surface area contributed by atoms with Crippen LogP contribution in [0, 0.1) is 0 Å². The summed E-state index contributed by atoms with van der Waals surface area (Å²) in [6.45, 7) is 32.5. The maximum Gasteiger partial charge on any atom is 0.360 e. The fraction of sp³-hybridized carbons (Fsp3) is 0.684.